The molecule has 1 aromatic heterocycles. The van der Waals surface area contributed by atoms with Gasteiger partial charge in [-0.3, -0.25) is 24.0 Å². The van der Waals surface area contributed by atoms with Crippen molar-refractivity contribution in [3.8, 4) is 0 Å². The Morgan fingerprint density at radius 2 is 1.56 bits per heavy atom. The number of furan rings is 1. The second-order valence-corrected chi connectivity index (χ2v) is 19.0. The van der Waals surface area contributed by atoms with Crippen LogP contribution in [0.1, 0.15) is 93.2 Å². The summed E-state index contributed by atoms with van der Waals surface area (Å²) < 4.78 is 63.1. The van der Waals surface area contributed by atoms with Crippen LogP contribution < -0.4 is 0 Å². The van der Waals surface area contributed by atoms with Crippen molar-refractivity contribution >= 4 is 35.8 Å². The molecule has 16 atom stereocenters. The van der Waals surface area contributed by atoms with E-state index in [9.17, 15) is 39.0 Å². The van der Waals surface area contributed by atoms with E-state index >= 15 is 0 Å². The van der Waals surface area contributed by atoms with E-state index in [1.165, 1.54) is 32.6 Å². The first-order valence-electron chi connectivity index (χ1n) is 20.0. The summed E-state index contributed by atoms with van der Waals surface area (Å²) in [6.07, 6.45) is -8.65. The van der Waals surface area contributed by atoms with Crippen LogP contribution in [-0.4, -0.2) is 112 Å². The molecule has 59 heavy (non-hydrogen) atoms. The topological polar surface area (TPSA) is 239 Å². The number of hydrogen-bond acceptors (Lipinski definition) is 18. The minimum absolute atomic E-state index is 0.242. The molecule has 1 spiro atoms. The number of carbonyl (C=O) groups is 6. The molecule has 4 heterocycles. The highest BCUT2D eigenvalue weighted by Gasteiger charge is 3.11. The Hall–Kier alpha value is -4.10. The summed E-state index contributed by atoms with van der Waals surface area (Å²) >= 11 is 0. The van der Waals surface area contributed by atoms with Gasteiger partial charge < -0.3 is 57.3 Å². The molecule has 0 aromatic carbocycles. The maximum atomic E-state index is 14.8. The Balaban J connectivity index is 1.45. The van der Waals surface area contributed by atoms with Crippen LogP contribution in [0.4, 0.5) is 0 Å². The number of cyclic esters (lactones) is 1. The van der Waals surface area contributed by atoms with Crippen molar-refractivity contribution < 1.29 is 86.0 Å². The highest BCUT2D eigenvalue weighted by molar-refractivity contribution is 5.85. The Bertz CT molecular complexity index is 2080. The molecule has 3 saturated heterocycles. The first kappa shape index (κ1) is 40.3. The Kier molecular flexibility index (Phi) is 7.94. The number of methoxy groups -OCH3 is 1. The van der Waals surface area contributed by atoms with E-state index < -0.39 is 147 Å². The van der Waals surface area contributed by atoms with Gasteiger partial charge in [0.25, 0.3) is 5.97 Å². The van der Waals surface area contributed by atoms with Crippen molar-refractivity contribution in [3.05, 3.63) is 24.2 Å². The monoisotopic (exact) mass is 830 g/mol. The lowest BCUT2D eigenvalue weighted by molar-refractivity contribution is -0.470. The summed E-state index contributed by atoms with van der Waals surface area (Å²) in [7, 11) is 1.18. The smallest absolute Gasteiger partial charge is 0.348 e. The maximum absolute atomic E-state index is 14.8. The van der Waals surface area contributed by atoms with Crippen LogP contribution in [0.25, 0.3) is 0 Å². The SMILES string of the molecule is COC(=O)C[C@H]1[C@]2(C)C[C@]3(O)[C@@](OC(=O)C(C)C)([C@H]4OC5(C)O[C@@]6([C@H](O)[C@H](OC(C)=O)[C@]78C[C@]7([C@@H](OC(=O)C(C)C)C(=O)O[C@H]8c7ccoc7)[C@@]46O5)[C@]13C)[C@H]2OC(C)=O. The summed E-state index contributed by atoms with van der Waals surface area (Å²) in [4.78, 5) is 83.2. The number of aliphatic hydroxyl groups is 2. The number of hydrogen-bond donors (Lipinski definition) is 2. The zero-order valence-corrected chi connectivity index (χ0v) is 34.5. The molecular formula is C41H50O18. The van der Waals surface area contributed by atoms with E-state index in [1.54, 1.807) is 41.5 Å². The van der Waals surface area contributed by atoms with Crippen LogP contribution in [-0.2, 0) is 71.4 Å². The average Bonchev–Trinajstić information content (AvgIpc) is 3.50. The van der Waals surface area contributed by atoms with Gasteiger partial charge in [0.05, 0.1) is 42.3 Å². The molecular weight excluding hydrogens is 780 g/mol. The normalized spacial score (nSPS) is 50.0. The van der Waals surface area contributed by atoms with Gasteiger partial charge in [-0.15, -0.1) is 0 Å². The van der Waals surface area contributed by atoms with Crippen LogP contribution in [0.3, 0.4) is 0 Å². The summed E-state index contributed by atoms with van der Waals surface area (Å²) in [6, 6.07) is 1.53. The standard InChI is InChI=1S/C41H50O18/c1-17(2)28(46)55-27-30(48)54-25(21-11-12-51-14-21)36-16-37(27,36)41-32-39(56-29(47)18(3)4)31(53-20(6)43)33(7)15-38(39,49)34(8,22(33)13-23(44)50-10)40(41,58-35(9,57-32)59-41)24(45)26(36)52-19(5)42/h11-12,14,17-18,22,24-27,31-32,45,49H,13,15-16H2,1-10H3/t22-,24+,25-,26-,27-,31-,32+,33-,34+,35?,36+,37+,38+,39-,40-,41-/m0/s1. The van der Waals surface area contributed by atoms with E-state index in [0.717, 1.165) is 13.8 Å². The van der Waals surface area contributed by atoms with Gasteiger partial charge in [0.15, 0.2) is 6.10 Å². The molecule has 5 saturated carbocycles. The predicted molar refractivity (Wildman–Crippen MR) is 189 cm³/mol. The van der Waals surface area contributed by atoms with Crippen molar-refractivity contribution in [1.29, 1.82) is 0 Å². The Morgan fingerprint density at radius 3 is 2.14 bits per heavy atom. The van der Waals surface area contributed by atoms with Gasteiger partial charge in [0, 0.05) is 43.6 Å². The van der Waals surface area contributed by atoms with E-state index in [-0.39, 0.29) is 12.8 Å². The van der Waals surface area contributed by atoms with Crippen LogP contribution in [0.5, 0.6) is 0 Å². The average molecular weight is 831 g/mol. The van der Waals surface area contributed by atoms with E-state index in [0.29, 0.717) is 5.56 Å². The first-order chi connectivity index (χ1) is 27.4. The second-order valence-electron chi connectivity index (χ2n) is 19.0. The number of carbonyl (C=O) groups excluding carboxylic acids is 6. The number of rotatable bonds is 9. The van der Waals surface area contributed by atoms with Gasteiger partial charge in [-0.25, -0.2) is 4.79 Å². The summed E-state index contributed by atoms with van der Waals surface area (Å²) in [5.74, 6) is -10.1. The van der Waals surface area contributed by atoms with Gasteiger partial charge >= 0.3 is 35.8 Å². The zero-order valence-electron chi connectivity index (χ0n) is 34.5. The Labute approximate surface area is 338 Å². The fourth-order valence-electron chi connectivity index (χ4n) is 14.1. The molecule has 0 radical (unpaired) electrons. The number of ether oxygens (including phenoxy) is 9. The van der Waals surface area contributed by atoms with Crippen molar-refractivity contribution in [2.24, 2.45) is 39.4 Å². The summed E-state index contributed by atoms with van der Waals surface area (Å²) in [6.45, 7) is 13.2. The van der Waals surface area contributed by atoms with E-state index in [1.807, 2.05) is 0 Å². The molecule has 5 aliphatic carbocycles. The zero-order chi connectivity index (χ0) is 43.1. The minimum Gasteiger partial charge on any atom is -0.472 e. The lowest BCUT2D eigenvalue weighted by atomic mass is 9.33. The molecule has 2 N–H and O–H groups in total. The highest BCUT2D eigenvalue weighted by atomic mass is 17.0. The third-order valence-corrected chi connectivity index (χ3v) is 15.7. The van der Waals surface area contributed by atoms with Gasteiger partial charge in [-0.1, -0.05) is 41.5 Å². The van der Waals surface area contributed by atoms with Gasteiger partial charge in [0.1, 0.15) is 41.2 Å². The van der Waals surface area contributed by atoms with E-state index in [2.05, 4.69) is 0 Å². The third-order valence-electron chi connectivity index (χ3n) is 15.7. The van der Waals surface area contributed by atoms with Crippen LogP contribution in [0.2, 0.25) is 0 Å². The molecule has 8 aliphatic rings. The number of fused-ring (bicyclic) bond motifs is 3. The number of aliphatic hydroxyl groups excluding tert-OH is 1. The molecule has 9 rings (SSSR count). The van der Waals surface area contributed by atoms with Crippen molar-refractivity contribution in [2.75, 3.05) is 7.11 Å². The van der Waals surface area contributed by atoms with Gasteiger partial charge in [-0.05, 0) is 24.8 Å². The van der Waals surface area contributed by atoms with Crippen LogP contribution >= 0.6 is 0 Å². The maximum Gasteiger partial charge on any atom is 0.348 e. The summed E-state index contributed by atoms with van der Waals surface area (Å²) in [5.41, 5.74) is -16.5. The number of esters is 6. The lowest BCUT2D eigenvalue weighted by Gasteiger charge is -2.77. The lowest BCUT2D eigenvalue weighted by Crippen LogP contribution is -2.97. The second kappa shape index (κ2) is 11.6. The minimum atomic E-state index is -2.43. The predicted octanol–water partition coefficient (Wildman–Crippen LogP) is 1.95. The molecule has 0 amide bonds. The molecule has 1 unspecified atom stereocenters. The fourth-order valence-corrected chi connectivity index (χ4v) is 14.1. The van der Waals surface area contributed by atoms with Crippen LogP contribution in [0, 0.1) is 39.4 Å². The van der Waals surface area contributed by atoms with Crippen molar-refractivity contribution in [2.45, 2.75) is 147 Å². The van der Waals surface area contributed by atoms with Crippen molar-refractivity contribution in [3.63, 3.8) is 0 Å². The van der Waals surface area contributed by atoms with Crippen molar-refractivity contribution in [1.82, 2.24) is 0 Å². The van der Waals surface area contributed by atoms with Gasteiger partial charge in [-0.2, -0.15) is 0 Å². The quantitative estimate of drug-likeness (QED) is 0.267. The molecule has 3 aliphatic heterocycles. The first-order valence-corrected chi connectivity index (χ1v) is 20.0. The molecule has 18 nitrogen and oxygen atoms in total. The molecule has 4 bridgehead atoms. The molecule has 18 heteroatoms. The highest BCUT2D eigenvalue weighted by Crippen LogP contribution is 2.96. The van der Waals surface area contributed by atoms with E-state index in [4.69, 9.17) is 47.0 Å². The van der Waals surface area contributed by atoms with Crippen LogP contribution in [0.15, 0.2) is 23.0 Å². The summed E-state index contributed by atoms with van der Waals surface area (Å²) in [5, 5.41) is 27.5. The molecule has 322 valence electrons. The van der Waals surface area contributed by atoms with Gasteiger partial charge in [0.2, 0.25) is 11.7 Å². The molecule has 1 aromatic rings. The third kappa shape index (κ3) is 3.98. The Morgan fingerprint density at radius 1 is 0.915 bits per heavy atom. The fraction of sp³-hybridized carbons (Fsp3) is 0.756. The largest absolute Gasteiger partial charge is 0.472 e. The molecule has 8 fully saturated rings.